The summed E-state index contributed by atoms with van der Waals surface area (Å²) in [5, 5.41) is 20.1. The van der Waals surface area contributed by atoms with Gasteiger partial charge in [0.15, 0.2) is 0 Å². The number of nitrogens with zero attached hydrogens (tertiary/aromatic N) is 2. The minimum Gasteiger partial charge on any atom is -0.478 e. The van der Waals surface area contributed by atoms with Gasteiger partial charge in [-0.1, -0.05) is 20.3 Å². The van der Waals surface area contributed by atoms with Crippen molar-refractivity contribution in [3.63, 3.8) is 0 Å². The Morgan fingerprint density at radius 2 is 2.10 bits per heavy atom. The number of carbonyl (C=O) groups is 1. The van der Waals surface area contributed by atoms with Crippen molar-refractivity contribution in [2.24, 2.45) is 5.92 Å². The zero-order valence-electron chi connectivity index (χ0n) is 12.0. The third-order valence-corrected chi connectivity index (χ3v) is 3.37. The normalized spacial score (nSPS) is 11.9. The third-order valence-electron chi connectivity index (χ3n) is 3.37. The van der Waals surface area contributed by atoms with Crippen LogP contribution >= 0.6 is 0 Å². The van der Waals surface area contributed by atoms with Crippen LogP contribution in [0, 0.1) is 16.0 Å². The molecule has 0 aliphatic heterocycles. The fourth-order valence-corrected chi connectivity index (χ4v) is 1.97. The van der Waals surface area contributed by atoms with Crippen molar-refractivity contribution < 1.29 is 14.8 Å². The molecule has 0 saturated heterocycles. The van der Waals surface area contributed by atoms with E-state index in [0.717, 1.165) is 6.42 Å². The Bertz CT molecular complexity index is 502. The maximum absolute atomic E-state index is 11.1. The van der Waals surface area contributed by atoms with Crippen LogP contribution in [0.2, 0.25) is 0 Å². The minimum absolute atomic E-state index is 0.0554. The molecule has 0 aliphatic carbocycles. The highest BCUT2D eigenvalue weighted by Gasteiger charge is 2.21. The van der Waals surface area contributed by atoms with Gasteiger partial charge in [-0.15, -0.1) is 0 Å². The lowest BCUT2D eigenvalue weighted by molar-refractivity contribution is -0.384. The van der Waals surface area contributed by atoms with Gasteiger partial charge >= 0.3 is 5.97 Å². The molecule has 0 radical (unpaired) electrons. The average molecular weight is 280 g/mol. The van der Waals surface area contributed by atoms with Gasteiger partial charge in [0.25, 0.3) is 5.69 Å². The first kappa shape index (κ1) is 15.9. The molecule has 0 spiro atoms. The molecule has 1 N–H and O–H groups in total. The van der Waals surface area contributed by atoms with E-state index < -0.39 is 10.9 Å². The lowest BCUT2D eigenvalue weighted by Gasteiger charge is -2.26. The first-order valence-electron chi connectivity index (χ1n) is 6.67. The molecule has 0 saturated carbocycles. The number of anilines is 1. The topological polar surface area (TPSA) is 83.7 Å². The molecule has 20 heavy (non-hydrogen) atoms. The number of nitro benzene ring substituents is 1. The fraction of sp³-hybridized carbons (Fsp3) is 0.500. The standard InChI is InChI=1S/C14H20N2O4/c1-4-10(3)9-15(5-2)13-8-11(14(17)18)6-7-12(13)16(19)20/h6-8,10H,4-5,9H2,1-3H3,(H,17,18). The highest BCUT2D eigenvalue weighted by Crippen LogP contribution is 2.30. The number of rotatable bonds is 7. The molecule has 1 atom stereocenters. The zero-order chi connectivity index (χ0) is 15.3. The van der Waals surface area contributed by atoms with Gasteiger partial charge in [0.1, 0.15) is 5.69 Å². The van der Waals surface area contributed by atoms with Gasteiger partial charge < -0.3 is 10.0 Å². The molecule has 0 aromatic heterocycles. The summed E-state index contributed by atoms with van der Waals surface area (Å²) in [5.41, 5.74) is 0.381. The molecule has 0 heterocycles. The minimum atomic E-state index is -1.08. The molecule has 0 bridgehead atoms. The zero-order valence-corrected chi connectivity index (χ0v) is 12.0. The van der Waals surface area contributed by atoms with Crippen LogP contribution in [0.15, 0.2) is 18.2 Å². The third kappa shape index (κ3) is 3.69. The van der Waals surface area contributed by atoms with Crippen LogP contribution < -0.4 is 4.90 Å². The molecule has 1 aromatic rings. The maximum Gasteiger partial charge on any atom is 0.335 e. The Hall–Kier alpha value is -2.11. The molecular weight excluding hydrogens is 260 g/mol. The van der Waals surface area contributed by atoms with Crippen molar-refractivity contribution in [3.05, 3.63) is 33.9 Å². The first-order chi connectivity index (χ1) is 9.40. The van der Waals surface area contributed by atoms with Gasteiger partial charge in [-0.25, -0.2) is 4.79 Å². The number of aromatic carboxylic acids is 1. The summed E-state index contributed by atoms with van der Waals surface area (Å²) in [6, 6.07) is 3.91. The highest BCUT2D eigenvalue weighted by molar-refractivity contribution is 5.90. The monoisotopic (exact) mass is 280 g/mol. The molecular formula is C14H20N2O4. The van der Waals surface area contributed by atoms with Crippen molar-refractivity contribution >= 4 is 17.3 Å². The van der Waals surface area contributed by atoms with Crippen LogP contribution in [0.5, 0.6) is 0 Å². The maximum atomic E-state index is 11.1. The van der Waals surface area contributed by atoms with E-state index in [2.05, 4.69) is 13.8 Å². The number of benzene rings is 1. The molecule has 0 amide bonds. The quantitative estimate of drug-likeness (QED) is 0.612. The fourth-order valence-electron chi connectivity index (χ4n) is 1.97. The van der Waals surface area contributed by atoms with Crippen molar-refractivity contribution in [3.8, 4) is 0 Å². The van der Waals surface area contributed by atoms with Gasteiger partial charge in [0.2, 0.25) is 0 Å². The van der Waals surface area contributed by atoms with E-state index in [4.69, 9.17) is 5.11 Å². The van der Waals surface area contributed by atoms with Crippen LogP contribution in [0.1, 0.15) is 37.6 Å². The molecule has 110 valence electrons. The van der Waals surface area contributed by atoms with Gasteiger partial charge in [0.05, 0.1) is 10.5 Å². The summed E-state index contributed by atoms with van der Waals surface area (Å²) < 4.78 is 0. The van der Waals surface area contributed by atoms with E-state index in [1.165, 1.54) is 18.2 Å². The van der Waals surface area contributed by atoms with E-state index in [-0.39, 0.29) is 11.3 Å². The van der Waals surface area contributed by atoms with Gasteiger partial charge in [0, 0.05) is 19.2 Å². The Balaban J connectivity index is 3.25. The molecule has 1 rings (SSSR count). The second-order valence-corrected chi connectivity index (χ2v) is 4.82. The van der Waals surface area contributed by atoms with Crippen LogP contribution in [0.4, 0.5) is 11.4 Å². The number of nitro groups is 1. The number of hydrogen-bond acceptors (Lipinski definition) is 4. The predicted molar refractivity (Wildman–Crippen MR) is 77.4 cm³/mol. The van der Waals surface area contributed by atoms with E-state index >= 15 is 0 Å². The average Bonchev–Trinajstić information content (AvgIpc) is 2.43. The highest BCUT2D eigenvalue weighted by atomic mass is 16.6. The van der Waals surface area contributed by atoms with Crippen LogP contribution in [0.3, 0.4) is 0 Å². The lowest BCUT2D eigenvalue weighted by Crippen LogP contribution is -2.28. The number of carboxylic acids is 1. The van der Waals surface area contributed by atoms with Crippen molar-refractivity contribution in [1.82, 2.24) is 0 Å². The molecule has 0 aliphatic rings. The van der Waals surface area contributed by atoms with Gasteiger partial charge in [-0.05, 0) is 25.0 Å². The van der Waals surface area contributed by atoms with Gasteiger partial charge in [-0.3, -0.25) is 10.1 Å². The summed E-state index contributed by atoms with van der Waals surface area (Å²) in [7, 11) is 0. The van der Waals surface area contributed by atoms with Crippen molar-refractivity contribution in [2.45, 2.75) is 27.2 Å². The lowest BCUT2D eigenvalue weighted by atomic mass is 10.1. The predicted octanol–water partition coefficient (Wildman–Crippen LogP) is 3.17. The summed E-state index contributed by atoms with van der Waals surface area (Å²) in [5.74, 6) is -0.705. The Morgan fingerprint density at radius 1 is 1.45 bits per heavy atom. The summed E-state index contributed by atoms with van der Waals surface area (Å²) in [6.45, 7) is 7.28. The summed E-state index contributed by atoms with van der Waals surface area (Å²) >= 11 is 0. The van der Waals surface area contributed by atoms with Crippen LogP contribution in [-0.4, -0.2) is 29.1 Å². The molecule has 6 nitrogen and oxygen atoms in total. The van der Waals surface area contributed by atoms with Crippen LogP contribution in [0.25, 0.3) is 0 Å². The van der Waals surface area contributed by atoms with E-state index in [0.29, 0.717) is 24.7 Å². The molecule has 0 fully saturated rings. The molecule has 1 unspecified atom stereocenters. The second-order valence-electron chi connectivity index (χ2n) is 4.82. The SMILES string of the molecule is CCC(C)CN(CC)c1cc(C(=O)O)ccc1[N+](=O)[O-]. The largest absolute Gasteiger partial charge is 0.478 e. The van der Waals surface area contributed by atoms with E-state index in [1.54, 1.807) is 0 Å². The first-order valence-corrected chi connectivity index (χ1v) is 6.67. The number of carboxylic acid groups (broad SMARTS) is 1. The van der Waals surface area contributed by atoms with E-state index in [9.17, 15) is 14.9 Å². The summed E-state index contributed by atoms with van der Waals surface area (Å²) in [6.07, 6.45) is 0.961. The van der Waals surface area contributed by atoms with Gasteiger partial charge in [-0.2, -0.15) is 0 Å². The molecule has 1 aromatic carbocycles. The number of hydrogen-bond donors (Lipinski definition) is 1. The Kier molecular flexibility index (Phi) is 5.49. The van der Waals surface area contributed by atoms with Crippen LogP contribution in [-0.2, 0) is 0 Å². The van der Waals surface area contributed by atoms with Crippen molar-refractivity contribution in [2.75, 3.05) is 18.0 Å². The summed E-state index contributed by atoms with van der Waals surface area (Å²) in [4.78, 5) is 23.5. The van der Waals surface area contributed by atoms with E-state index in [1.807, 2.05) is 11.8 Å². The smallest absolute Gasteiger partial charge is 0.335 e. The second kappa shape index (κ2) is 6.88. The Morgan fingerprint density at radius 3 is 2.55 bits per heavy atom. The Labute approximate surface area is 118 Å². The molecule has 6 heteroatoms. The van der Waals surface area contributed by atoms with Crippen molar-refractivity contribution in [1.29, 1.82) is 0 Å².